The van der Waals surface area contributed by atoms with Crippen LogP contribution in [-0.2, 0) is 27.4 Å². The Morgan fingerprint density at radius 1 is 0.500 bits per heavy atom. The summed E-state index contributed by atoms with van der Waals surface area (Å²) in [6.07, 6.45) is 39.2. The van der Waals surface area contributed by atoms with Gasteiger partial charge < -0.3 is 18.8 Å². The van der Waals surface area contributed by atoms with Gasteiger partial charge in [-0.3, -0.25) is 9.59 Å². The zero-order valence-electron chi connectivity index (χ0n) is 42.7. The second-order valence-electron chi connectivity index (χ2n) is 21.1. The van der Waals surface area contributed by atoms with Crippen molar-refractivity contribution in [3.05, 3.63) is 71.8 Å². The number of esters is 1. The molecule has 0 aliphatic carbocycles. The summed E-state index contributed by atoms with van der Waals surface area (Å²) in [6, 6.07) is 20.9. The second-order valence-corrected chi connectivity index (χ2v) is 21.1. The van der Waals surface area contributed by atoms with E-state index in [2.05, 4.69) is 89.6 Å². The van der Waals surface area contributed by atoms with Crippen molar-refractivity contribution < 1.29 is 28.4 Å². The normalized spacial score (nSPS) is 13.7. The Labute approximate surface area is 395 Å². The Morgan fingerprint density at radius 3 is 1.33 bits per heavy atom. The third kappa shape index (κ3) is 29.9. The van der Waals surface area contributed by atoms with Crippen LogP contribution in [0.1, 0.15) is 224 Å². The number of ether oxygens (including phenoxy) is 1. The standard InChI is InChI=1S/C58H102N2O4/c1-6-8-10-12-14-16-22-34-44-58(43-33-21-15-13-11-9-7-2,45-35-23-17-19-31-41-56(62)53-60(5,47-49-61)52-55-39-29-26-30-40-55)46-36-24-18-20-32-42-57(63)64-50-48-59(3,4)51-54-37-27-25-28-38-54/h25-30,37-40,61H,6-24,31-36,41-53H2,1-5H3/q+2. The molecule has 64 heavy (non-hydrogen) atoms. The van der Waals surface area contributed by atoms with Crippen LogP contribution in [0.25, 0.3) is 0 Å². The van der Waals surface area contributed by atoms with Crippen LogP contribution in [0.3, 0.4) is 0 Å². The molecule has 0 amide bonds. The van der Waals surface area contributed by atoms with Gasteiger partial charge in [0.25, 0.3) is 0 Å². The fraction of sp³-hybridized carbons (Fsp3) is 0.759. The van der Waals surface area contributed by atoms with Gasteiger partial charge in [0.1, 0.15) is 39.3 Å². The number of unbranched alkanes of at least 4 members (excludes halogenated alkanes) is 21. The van der Waals surface area contributed by atoms with Gasteiger partial charge in [0.15, 0.2) is 5.78 Å². The van der Waals surface area contributed by atoms with Gasteiger partial charge >= 0.3 is 5.97 Å². The van der Waals surface area contributed by atoms with E-state index in [1.165, 1.54) is 172 Å². The summed E-state index contributed by atoms with van der Waals surface area (Å²) in [5, 5.41) is 9.79. The Hall–Kier alpha value is -2.54. The maximum absolute atomic E-state index is 13.2. The van der Waals surface area contributed by atoms with Crippen LogP contribution < -0.4 is 0 Å². The molecule has 0 saturated heterocycles. The first kappa shape index (κ1) is 57.6. The molecule has 0 aliphatic heterocycles. The molecular formula is C58H102N2O4+2. The van der Waals surface area contributed by atoms with Gasteiger partial charge in [-0.2, -0.15) is 0 Å². The third-order valence-corrected chi connectivity index (χ3v) is 14.1. The topological polar surface area (TPSA) is 63.6 Å². The largest absolute Gasteiger partial charge is 0.460 e. The Balaban J connectivity index is 1.86. The average molecular weight is 891 g/mol. The Bertz CT molecular complexity index is 1400. The molecule has 366 valence electrons. The molecule has 0 aromatic heterocycles. The predicted octanol–water partition coefficient (Wildman–Crippen LogP) is 15.1. The van der Waals surface area contributed by atoms with E-state index in [1.807, 2.05) is 6.07 Å². The van der Waals surface area contributed by atoms with Gasteiger partial charge in [-0.25, -0.2) is 0 Å². The minimum absolute atomic E-state index is 0.0375. The molecule has 0 aliphatic rings. The van der Waals surface area contributed by atoms with Crippen molar-refractivity contribution >= 4 is 11.8 Å². The lowest BCUT2D eigenvalue weighted by Gasteiger charge is -2.35. The molecule has 2 atom stereocenters. The van der Waals surface area contributed by atoms with Crippen LogP contribution >= 0.6 is 0 Å². The van der Waals surface area contributed by atoms with Gasteiger partial charge in [0, 0.05) is 24.0 Å². The summed E-state index contributed by atoms with van der Waals surface area (Å²) in [4.78, 5) is 25.8. The zero-order chi connectivity index (χ0) is 46.5. The van der Waals surface area contributed by atoms with Gasteiger partial charge in [-0.1, -0.05) is 222 Å². The highest BCUT2D eigenvalue weighted by atomic mass is 16.5. The van der Waals surface area contributed by atoms with Gasteiger partial charge in [-0.05, 0) is 43.9 Å². The second kappa shape index (κ2) is 36.6. The summed E-state index contributed by atoms with van der Waals surface area (Å²) in [6.45, 7) is 8.84. The fourth-order valence-corrected chi connectivity index (χ4v) is 10.1. The minimum Gasteiger partial charge on any atom is -0.460 e. The average Bonchev–Trinajstić information content (AvgIpc) is 3.26. The molecule has 2 aromatic rings. The number of benzene rings is 2. The molecule has 0 radical (unpaired) electrons. The lowest BCUT2D eigenvalue weighted by atomic mass is 9.70. The number of quaternary nitrogens is 2. The summed E-state index contributed by atoms with van der Waals surface area (Å²) in [7, 11) is 6.53. The van der Waals surface area contributed by atoms with Gasteiger partial charge in [0.2, 0.25) is 0 Å². The molecule has 0 bridgehead atoms. The highest BCUT2D eigenvalue weighted by Gasteiger charge is 2.29. The predicted molar refractivity (Wildman–Crippen MR) is 273 cm³/mol. The molecule has 0 heterocycles. The lowest BCUT2D eigenvalue weighted by Crippen LogP contribution is -2.48. The number of hydrogen-bond acceptors (Lipinski definition) is 4. The number of aliphatic hydroxyl groups is 1. The van der Waals surface area contributed by atoms with Crippen molar-refractivity contribution in [2.24, 2.45) is 5.41 Å². The number of carbonyl (C=O) groups excluding carboxylic acids is 2. The number of rotatable bonds is 44. The maximum atomic E-state index is 13.2. The van der Waals surface area contributed by atoms with Crippen LogP contribution in [0, 0.1) is 5.41 Å². The van der Waals surface area contributed by atoms with E-state index in [-0.39, 0.29) is 12.6 Å². The van der Waals surface area contributed by atoms with Crippen molar-refractivity contribution in [2.45, 2.75) is 226 Å². The van der Waals surface area contributed by atoms with E-state index in [0.29, 0.717) is 48.2 Å². The van der Waals surface area contributed by atoms with Gasteiger partial charge in [-0.15, -0.1) is 0 Å². The van der Waals surface area contributed by atoms with Crippen molar-refractivity contribution in [2.75, 3.05) is 54.0 Å². The Kier molecular flexibility index (Phi) is 32.9. The molecule has 0 fully saturated rings. The number of nitrogens with zero attached hydrogens (tertiary/aromatic N) is 2. The van der Waals surface area contributed by atoms with E-state index in [0.717, 1.165) is 49.8 Å². The number of hydrogen-bond donors (Lipinski definition) is 1. The van der Waals surface area contributed by atoms with E-state index in [4.69, 9.17) is 4.74 Å². The lowest BCUT2D eigenvalue weighted by molar-refractivity contribution is -0.915. The number of carbonyl (C=O) groups is 2. The third-order valence-electron chi connectivity index (χ3n) is 14.1. The number of Topliss-reactive ketones (excluding diaryl/α,β-unsaturated/α-hetero) is 1. The van der Waals surface area contributed by atoms with E-state index >= 15 is 0 Å². The van der Waals surface area contributed by atoms with Gasteiger partial charge in [0.05, 0.1) is 27.7 Å². The van der Waals surface area contributed by atoms with Crippen LogP contribution in [0.2, 0.25) is 0 Å². The van der Waals surface area contributed by atoms with E-state index in [9.17, 15) is 14.7 Å². The number of likely N-dealkylation sites (N-methyl/N-ethyl adjacent to an activating group) is 2. The quantitative estimate of drug-likeness (QED) is 0.0409. The monoisotopic (exact) mass is 891 g/mol. The molecule has 2 unspecified atom stereocenters. The highest BCUT2D eigenvalue weighted by molar-refractivity contribution is 5.79. The SMILES string of the molecule is CCCCCCCCCCC(CCCCCCCCC)(CCCCCCCC(=O)C[N+](C)(CCO)Cc1ccccc1)CCCCCCCC(=O)OCC[N+](C)(C)Cc1ccccc1. The summed E-state index contributed by atoms with van der Waals surface area (Å²) in [5.41, 5.74) is 3.00. The smallest absolute Gasteiger partial charge is 0.305 e. The van der Waals surface area contributed by atoms with Crippen LogP contribution in [0.5, 0.6) is 0 Å². The first-order valence-electron chi connectivity index (χ1n) is 27.1. The molecule has 2 rings (SSSR count). The summed E-state index contributed by atoms with van der Waals surface area (Å²) >= 11 is 0. The minimum atomic E-state index is -0.0375. The number of ketones is 1. The van der Waals surface area contributed by atoms with Crippen molar-refractivity contribution in [1.29, 1.82) is 0 Å². The van der Waals surface area contributed by atoms with Crippen LogP contribution in [0.15, 0.2) is 60.7 Å². The summed E-state index contributed by atoms with van der Waals surface area (Å²) in [5.74, 6) is 0.295. The first-order valence-corrected chi connectivity index (χ1v) is 27.1. The van der Waals surface area contributed by atoms with Crippen LogP contribution in [0.4, 0.5) is 0 Å². The van der Waals surface area contributed by atoms with Crippen molar-refractivity contribution in [3.63, 3.8) is 0 Å². The van der Waals surface area contributed by atoms with Crippen molar-refractivity contribution in [3.8, 4) is 0 Å². The van der Waals surface area contributed by atoms with E-state index in [1.54, 1.807) is 0 Å². The maximum Gasteiger partial charge on any atom is 0.305 e. The molecular weight excluding hydrogens is 789 g/mol. The van der Waals surface area contributed by atoms with Crippen LogP contribution in [-0.4, -0.2) is 79.8 Å². The molecule has 0 saturated carbocycles. The molecule has 6 heteroatoms. The molecule has 6 nitrogen and oxygen atoms in total. The zero-order valence-corrected chi connectivity index (χ0v) is 42.7. The molecule has 1 N–H and O–H groups in total. The molecule has 0 spiro atoms. The summed E-state index contributed by atoms with van der Waals surface area (Å²) < 4.78 is 7.06. The first-order chi connectivity index (χ1) is 31.0. The highest BCUT2D eigenvalue weighted by Crippen LogP contribution is 2.42. The molecule has 2 aromatic carbocycles. The van der Waals surface area contributed by atoms with Crippen molar-refractivity contribution in [1.82, 2.24) is 0 Å². The fourth-order valence-electron chi connectivity index (χ4n) is 10.1. The van der Waals surface area contributed by atoms with E-state index < -0.39 is 0 Å². The Morgan fingerprint density at radius 2 is 0.891 bits per heavy atom. The number of aliphatic hydroxyl groups excluding tert-OH is 1.